The second-order valence-electron chi connectivity index (χ2n) is 4.83. The number of piperazine rings is 1. The van der Waals surface area contributed by atoms with Crippen LogP contribution in [0.3, 0.4) is 0 Å². The van der Waals surface area contributed by atoms with Gasteiger partial charge < -0.3 is 5.32 Å². The van der Waals surface area contributed by atoms with E-state index in [1.54, 1.807) is 12.1 Å². The van der Waals surface area contributed by atoms with E-state index in [1.807, 2.05) is 12.1 Å². The standard InChI is InChI=1S/C15H20BrFN2.2ClH/c1-2-3-4-15(19-9-7-18-8-10-19)13-11-12(16)5-6-14(13)17;;/h2,5-6,11,15,18H,1,3-4,7-10H2;2*1H/t15-;;/m1../s1. The van der Waals surface area contributed by atoms with Crippen molar-refractivity contribution >= 4 is 40.7 Å². The van der Waals surface area contributed by atoms with Crippen LogP contribution in [0, 0.1) is 5.82 Å². The lowest BCUT2D eigenvalue weighted by atomic mass is 9.99. The summed E-state index contributed by atoms with van der Waals surface area (Å²) in [4.78, 5) is 2.37. The molecule has 1 aliphatic heterocycles. The average Bonchev–Trinajstić information content (AvgIpc) is 2.44. The summed E-state index contributed by atoms with van der Waals surface area (Å²) in [5.74, 6) is -0.115. The van der Waals surface area contributed by atoms with Gasteiger partial charge >= 0.3 is 0 Å². The lowest BCUT2D eigenvalue weighted by molar-refractivity contribution is 0.163. The largest absolute Gasteiger partial charge is 0.314 e. The van der Waals surface area contributed by atoms with E-state index in [2.05, 4.69) is 32.7 Å². The minimum atomic E-state index is -0.115. The number of allylic oxidation sites excluding steroid dienone is 1. The van der Waals surface area contributed by atoms with Crippen molar-refractivity contribution in [3.8, 4) is 0 Å². The van der Waals surface area contributed by atoms with Crippen molar-refractivity contribution in [2.75, 3.05) is 26.2 Å². The first kappa shape index (κ1) is 20.9. The Morgan fingerprint density at radius 1 is 1.33 bits per heavy atom. The van der Waals surface area contributed by atoms with Crippen molar-refractivity contribution in [2.24, 2.45) is 0 Å². The van der Waals surface area contributed by atoms with E-state index >= 15 is 0 Å². The van der Waals surface area contributed by atoms with Crippen LogP contribution in [0.4, 0.5) is 4.39 Å². The highest BCUT2D eigenvalue weighted by Crippen LogP contribution is 2.30. The van der Waals surface area contributed by atoms with E-state index in [-0.39, 0.29) is 36.7 Å². The monoisotopic (exact) mass is 398 g/mol. The fraction of sp³-hybridized carbons (Fsp3) is 0.467. The Bertz CT molecular complexity index is 440. The summed E-state index contributed by atoms with van der Waals surface area (Å²) >= 11 is 3.44. The number of benzene rings is 1. The molecule has 0 radical (unpaired) electrons. The topological polar surface area (TPSA) is 15.3 Å². The highest BCUT2D eigenvalue weighted by Gasteiger charge is 2.24. The van der Waals surface area contributed by atoms with Gasteiger partial charge in [0.15, 0.2) is 0 Å². The van der Waals surface area contributed by atoms with Crippen molar-refractivity contribution in [1.29, 1.82) is 0 Å². The maximum atomic E-state index is 14.1. The summed E-state index contributed by atoms with van der Waals surface area (Å²) in [6.45, 7) is 7.65. The fourth-order valence-electron chi connectivity index (χ4n) is 2.57. The molecule has 2 rings (SSSR count). The highest BCUT2D eigenvalue weighted by molar-refractivity contribution is 9.10. The van der Waals surface area contributed by atoms with Gasteiger partial charge in [-0.3, -0.25) is 4.90 Å². The normalized spacial score (nSPS) is 16.5. The number of hydrogen-bond acceptors (Lipinski definition) is 2. The quantitative estimate of drug-likeness (QED) is 0.740. The number of nitrogens with zero attached hydrogens (tertiary/aromatic N) is 1. The Kier molecular flexibility index (Phi) is 10.5. The SMILES string of the molecule is C=CCC[C@H](c1cc(Br)ccc1F)N1CCNCC1.Cl.Cl. The molecule has 0 aromatic heterocycles. The highest BCUT2D eigenvalue weighted by atomic mass is 79.9. The first-order chi connectivity index (χ1) is 9.22. The van der Waals surface area contributed by atoms with Gasteiger partial charge in [-0.15, -0.1) is 31.4 Å². The Labute approximate surface area is 147 Å². The van der Waals surface area contributed by atoms with Gasteiger partial charge in [0.25, 0.3) is 0 Å². The summed E-state index contributed by atoms with van der Waals surface area (Å²) < 4.78 is 15.0. The van der Waals surface area contributed by atoms with Crippen molar-refractivity contribution in [3.05, 3.63) is 46.7 Å². The van der Waals surface area contributed by atoms with Crippen LogP contribution in [-0.2, 0) is 0 Å². The Morgan fingerprint density at radius 2 is 2.00 bits per heavy atom. The molecule has 0 aliphatic carbocycles. The molecule has 1 fully saturated rings. The predicted octanol–water partition coefficient (Wildman–Crippen LogP) is 4.34. The molecule has 1 N–H and O–H groups in total. The van der Waals surface area contributed by atoms with Crippen LogP contribution in [0.1, 0.15) is 24.4 Å². The molecule has 0 amide bonds. The molecule has 1 aromatic carbocycles. The first-order valence-corrected chi connectivity index (χ1v) is 7.52. The smallest absolute Gasteiger partial charge is 0.128 e. The summed E-state index contributed by atoms with van der Waals surface area (Å²) in [6.07, 6.45) is 3.72. The minimum absolute atomic E-state index is 0. The Morgan fingerprint density at radius 3 is 2.62 bits per heavy atom. The maximum absolute atomic E-state index is 14.1. The van der Waals surface area contributed by atoms with Crippen LogP contribution >= 0.6 is 40.7 Å². The predicted molar refractivity (Wildman–Crippen MR) is 95.2 cm³/mol. The number of hydrogen-bond donors (Lipinski definition) is 1. The minimum Gasteiger partial charge on any atom is -0.314 e. The van der Waals surface area contributed by atoms with E-state index in [9.17, 15) is 4.39 Å². The Hall–Kier alpha value is -0.130. The molecule has 1 aliphatic rings. The van der Waals surface area contributed by atoms with Crippen LogP contribution in [0.15, 0.2) is 35.3 Å². The molecule has 120 valence electrons. The van der Waals surface area contributed by atoms with E-state index in [1.165, 1.54) is 0 Å². The van der Waals surface area contributed by atoms with Crippen LogP contribution < -0.4 is 5.32 Å². The Balaban J connectivity index is 0.00000200. The number of halogens is 4. The van der Waals surface area contributed by atoms with Crippen LogP contribution in [0.2, 0.25) is 0 Å². The molecule has 0 saturated carbocycles. The lowest BCUT2D eigenvalue weighted by Gasteiger charge is -2.35. The molecule has 1 aromatic rings. The van der Waals surface area contributed by atoms with Gasteiger partial charge in [0.05, 0.1) is 0 Å². The van der Waals surface area contributed by atoms with Gasteiger partial charge in [0.2, 0.25) is 0 Å². The van der Waals surface area contributed by atoms with Crippen molar-refractivity contribution < 1.29 is 4.39 Å². The van der Waals surface area contributed by atoms with Crippen molar-refractivity contribution in [3.63, 3.8) is 0 Å². The lowest BCUT2D eigenvalue weighted by Crippen LogP contribution is -2.45. The molecule has 6 heteroatoms. The first-order valence-electron chi connectivity index (χ1n) is 6.73. The van der Waals surface area contributed by atoms with Gasteiger partial charge in [0.1, 0.15) is 5.82 Å². The zero-order valence-electron chi connectivity index (χ0n) is 11.9. The third-order valence-corrected chi connectivity index (χ3v) is 4.05. The summed E-state index contributed by atoms with van der Waals surface area (Å²) in [7, 11) is 0. The van der Waals surface area contributed by atoms with Crippen LogP contribution in [0.25, 0.3) is 0 Å². The zero-order chi connectivity index (χ0) is 13.7. The third-order valence-electron chi connectivity index (χ3n) is 3.55. The van der Waals surface area contributed by atoms with Crippen molar-refractivity contribution in [2.45, 2.75) is 18.9 Å². The van der Waals surface area contributed by atoms with Crippen LogP contribution in [0.5, 0.6) is 0 Å². The molecule has 21 heavy (non-hydrogen) atoms. The third kappa shape index (κ3) is 5.87. The average molecular weight is 400 g/mol. The molecular weight excluding hydrogens is 378 g/mol. The summed E-state index contributed by atoms with van der Waals surface area (Å²) in [5, 5.41) is 3.34. The zero-order valence-corrected chi connectivity index (χ0v) is 15.1. The number of rotatable bonds is 5. The fourth-order valence-corrected chi connectivity index (χ4v) is 2.95. The summed E-state index contributed by atoms with van der Waals surface area (Å²) in [5.41, 5.74) is 0.790. The molecule has 1 saturated heterocycles. The number of nitrogens with one attached hydrogen (secondary N) is 1. The molecular formula is C15H22BrCl2FN2. The summed E-state index contributed by atoms with van der Waals surface area (Å²) in [6, 6.07) is 5.34. The molecule has 1 heterocycles. The second-order valence-corrected chi connectivity index (χ2v) is 5.75. The molecule has 2 nitrogen and oxygen atoms in total. The molecule has 0 bridgehead atoms. The molecule has 0 spiro atoms. The molecule has 1 atom stereocenters. The van der Waals surface area contributed by atoms with Gasteiger partial charge in [0, 0.05) is 42.3 Å². The van der Waals surface area contributed by atoms with E-state index in [0.717, 1.165) is 49.1 Å². The maximum Gasteiger partial charge on any atom is 0.128 e. The van der Waals surface area contributed by atoms with Gasteiger partial charge in [-0.25, -0.2) is 4.39 Å². The molecule has 0 unspecified atom stereocenters. The van der Waals surface area contributed by atoms with Gasteiger partial charge in [-0.1, -0.05) is 22.0 Å². The van der Waals surface area contributed by atoms with E-state index in [0.29, 0.717) is 0 Å². The van der Waals surface area contributed by atoms with Crippen LogP contribution in [-0.4, -0.2) is 31.1 Å². The van der Waals surface area contributed by atoms with Gasteiger partial charge in [-0.2, -0.15) is 0 Å². The van der Waals surface area contributed by atoms with Crippen molar-refractivity contribution in [1.82, 2.24) is 10.2 Å². The van der Waals surface area contributed by atoms with E-state index in [4.69, 9.17) is 0 Å². The van der Waals surface area contributed by atoms with Gasteiger partial charge in [-0.05, 0) is 31.0 Å². The van der Waals surface area contributed by atoms with E-state index < -0.39 is 0 Å². The second kappa shape index (κ2) is 10.6.